The fourth-order valence-electron chi connectivity index (χ4n) is 5.31. The summed E-state index contributed by atoms with van der Waals surface area (Å²) in [6.45, 7) is 9.23. The third-order valence-electron chi connectivity index (χ3n) is 7.34. The number of hydrogen-bond acceptors (Lipinski definition) is 2. The molecular weight excluding hydrogens is 318 g/mol. The summed E-state index contributed by atoms with van der Waals surface area (Å²) < 4.78 is 5.96. The molecule has 1 aromatic carbocycles. The van der Waals surface area contributed by atoms with Crippen LogP contribution in [-0.4, -0.2) is 38.3 Å². The summed E-state index contributed by atoms with van der Waals surface area (Å²) in [6, 6.07) is 10.8. The summed E-state index contributed by atoms with van der Waals surface area (Å²) in [6.07, 6.45) is 9.28. The molecule has 0 spiro atoms. The SMILES string of the molecule is CN(CCCCOCC[C@@H]1CC[C@H]2C[C@H]1C2(C)C)CCc1ccccc1. The van der Waals surface area contributed by atoms with Crippen LogP contribution in [0, 0.1) is 23.2 Å². The third kappa shape index (κ3) is 5.10. The minimum absolute atomic E-state index is 0.618. The molecule has 3 atom stereocenters. The van der Waals surface area contributed by atoms with Gasteiger partial charge in [-0.25, -0.2) is 0 Å². The Morgan fingerprint density at radius 2 is 1.85 bits per heavy atom. The number of benzene rings is 1. The molecule has 3 fully saturated rings. The van der Waals surface area contributed by atoms with Crippen LogP contribution in [0.4, 0.5) is 0 Å². The summed E-state index contributed by atoms with van der Waals surface area (Å²) in [4.78, 5) is 2.45. The van der Waals surface area contributed by atoms with E-state index in [2.05, 4.69) is 56.1 Å². The minimum atomic E-state index is 0.618. The molecule has 0 saturated heterocycles. The number of unbranched alkanes of at least 4 members (excludes halogenated alkanes) is 1. The zero-order chi connectivity index (χ0) is 18.4. The van der Waals surface area contributed by atoms with Gasteiger partial charge in [0.2, 0.25) is 0 Å². The minimum Gasteiger partial charge on any atom is -0.381 e. The molecule has 4 rings (SSSR count). The van der Waals surface area contributed by atoms with Gasteiger partial charge in [-0.2, -0.15) is 0 Å². The molecule has 0 N–H and O–H groups in total. The number of rotatable bonds is 11. The molecule has 3 aliphatic rings. The number of hydrogen-bond donors (Lipinski definition) is 0. The first-order valence-electron chi connectivity index (χ1n) is 10.9. The lowest BCUT2D eigenvalue weighted by atomic mass is 9.45. The molecule has 146 valence electrons. The Kier molecular flexibility index (Phi) is 7.17. The van der Waals surface area contributed by atoms with Crippen molar-refractivity contribution in [2.45, 2.75) is 58.8 Å². The topological polar surface area (TPSA) is 12.5 Å². The smallest absolute Gasteiger partial charge is 0.0468 e. The van der Waals surface area contributed by atoms with Crippen molar-refractivity contribution in [1.29, 1.82) is 0 Å². The van der Waals surface area contributed by atoms with Crippen molar-refractivity contribution in [3.8, 4) is 0 Å². The van der Waals surface area contributed by atoms with Crippen LogP contribution in [0.15, 0.2) is 30.3 Å². The van der Waals surface area contributed by atoms with Gasteiger partial charge in [-0.15, -0.1) is 0 Å². The van der Waals surface area contributed by atoms with Gasteiger partial charge in [0.05, 0.1) is 0 Å². The molecule has 3 aliphatic carbocycles. The Morgan fingerprint density at radius 3 is 2.58 bits per heavy atom. The molecular formula is C24H39NO. The molecule has 0 unspecified atom stereocenters. The van der Waals surface area contributed by atoms with Crippen molar-refractivity contribution in [1.82, 2.24) is 4.90 Å². The van der Waals surface area contributed by atoms with Crippen LogP contribution in [0.2, 0.25) is 0 Å². The lowest BCUT2D eigenvalue weighted by Crippen LogP contribution is -2.52. The summed E-state index contributed by atoms with van der Waals surface area (Å²) >= 11 is 0. The molecule has 3 saturated carbocycles. The summed E-state index contributed by atoms with van der Waals surface area (Å²) in [7, 11) is 2.24. The van der Waals surface area contributed by atoms with E-state index in [0.717, 1.165) is 43.9 Å². The highest BCUT2D eigenvalue weighted by Crippen LogP contribution is 2.61. The fourth-order valence-corrected chi connectivity index (χ4v) is 5.31. The Bertz CT molecular complexity index is 524. The largest absolute Gasteiger partial charge is 0.381 e. The molecule has 2 nitrogen and oxygen atoms in total. The maximum Gasteiger partial charge on any atom is 0.0468 e. The first-order chi connectivity index (χ1) is 12.6. The van der Waals surface area contributed by atoms with E-state index in [1.165, 1.54) is 50.6 Å². The van der Waals surface area contributed by atoms with Gasteiger partial charge in [-0.1, -0.05) is 44.2 Å². The second-order valence-electron chi connectivity index (χ2n) is 9.34. The molecule has 2 bridgehead atoms. The third-order valence-corrected chi connectivity index (χ3v) is 7.34. The van der Waals surface area contributed by atoms with Crippen molar-refractivity contribution >= 4 is 0 Å². The molecule has 0 radical (unpaired) electrons. The van der Waals surface area contributed by atoms with Gasteiger partial charge in [0.25, 0.3) is 0 Å². The van der Waals surface area contributed by atoms with E-state index in [0.29, 0.717) is 5.41 Å². The first kappa shape index (κ1) is 19.9. The van der Waals surface area contributed by atoms with Crippen LogP contribution in [0.5, 0.6) is 0 Å². The molecule has 0 aromatic heterocycles. The van der Waals surface area contributed by atoms with E-state index in [-0.39, 0.29) is 0 Å². The van der Waals surface area contributed by atoms with E-state index in [1.807, 2.05) is 0 Å². The van der Waals surface area contributed by atoms with E-state index in [9.17, 15) is 0 Å². The predicted molar refractivity (Wildman–Crippen MR) is 110 cm³/mol. The standard InChI is InChI=1S/C24H39NO/c1-24(2)22-12-11-21(23(24)19-22)14-18-26-17-8-7-15-25(3)16-13-20-9-5-4-6-10-20/h4-6,9-10,21-23H,7-8,11-19H2,1-3H3/t21-,22-,23+/m0/s1. The first-order valence-corrected chi connectivity index (χ1v) is 10.9. The van der Waals surface area contributed by atoms with Gasteiger partial charge in [0.1, 0.15) is 0 Å². The average Bonchev–Trinajstić information content (AvgIpc) is 2.66. The van der Waals surface area contributed by atoms with Crippen LogP contribution in [0.3, 0.4) is 0 Å². The highest BCUT2D eigenvalue weighted by atomic mass is 16.5. The monoisotopic (exact) mass is 357 g/mol. The Hall–Kier alpha value is -0.860. The van der Waals surface area contributed by atoms with Gasteiger partial charge in [-0.05, 0) is 87.3 Å². The lowest BCUT2D eigenvalue weighted by molar-refractivity contribution is -0.111. The van der Waals surface area contributed by atoms with E-state index < -0.39 is 0 Å². The van der Waals surface area contributed by atoms with Crippen LogP contribution >= 0.6 is 0 Å². The van der Waals surface area contributed by atoms with E-state index in [4.69, 9.17) is 4.74 Å². The van der Waals surface area contributed by atoms with Gasteiger partial charge in [0.15, 0.2) is 0 Å². The average molecular weight is 358 g/mol. The van der Waals surface area contributed by atoms with Gasteiger partial charge in [0, 0.05) is 19.8 Å². The second kappa shape index (κ2) is 9.37. The fraction of sp³-hybridized carbons (Fsp3) is 0.750. The number of likely N-dealkylation sites (N-methyl/N-ethyl adjacent to an activating group) is 1. The van der Waals surface area contributed by atoms with Crippen LogP contribution in [0.25, 0.3) is 0 Å². The van der Waals surface area contributed by atoms with Crippen molar-refractivity contribution in [3.05, 3.63) is 35.9 Å². The molecule has 2 heteroatoms. The zero-order valence-electron chi connectivity index (χ0n) is 17.3. The summed E-state index contributed by atoms with van der Waals surface area (Å²) in [5.74, 6) is 2.92. The van der Waals surface area contributed by atoms with Crippen molar-refractivity contribution in [3.63, 3.8) is 0 Å². The number of fused-ring (bicyclic) bond motifs is 2. The Labute approximate surface area is 161 Å². The zero-order valence-corrected chi connectivity index (χ0v) is 17.3. The highest BCUT2D eigenvalue weighted by molar-refractivity contribution is 5.14. The number of ether oxygens (including phenoxy) is 1. The quantitative estimate of drug-likeness (QED) is 0.490. The van der Waals surface area contributed by atoms with Crippen LogP contribution in [0.1, 0.15) is 57.9 Å². The van der Waals surface area contributed by atoms with Gasteiger partial charge >= 0.3 is 0 Å². The molecule has 1 aromatic rings. The summed E-state index contributed by atoms with van der Waals surface area (Å²) in [5, 5.41) is 0. The molecule has 26 heavy (non-hydrogen) atoms. The maximum absolute atomic E-state index is 5.96. The normalized spacial score (nSPS) is 26.7. The lowest BCUT2D eigenvalue weighted by Gasteiger charge is -2.60. The molecule has 0 aliphatic heterocycles. The molecule has 0 heterocycles. The second-order valence-corrected chi connectivity index (χ2v) is 9.34. The Balaban J connectivity index is 1.18. The van der Waals surface area contributed by atoms with Crippen molar-refractivity contribution < 1.29 is 4.74 Å². The maximum atomic E-state index is 5.96. The van der Waals surface area contributed by atoms with E-state index >= 15 is 0 Å². The molecule has 0 amide bonds. The van der Waals surface area contributed by atoms with Crippen molar-refractivity contribution in [2.75, 3.05) is 33.4 Å². The number of nitrogens with zero attached hydrogens (tertiary/aromatic N) is 1. The van der Waals surface area contributed by atoms with Crippen molar-refractivity contribution in [2.24, 2.45) is 23.2 Å². The predicted octanol–water partition coefficient (Wildman–Crippen LogP) is 5.42. The van der Waals surface area contributed by atoms with Crippen LogP contribution in [-0.2, 0) is 11.2 Å². The van der Waals surface area contributed by atoms with Gasteiger partial charge < -0.3 is 9.64 Å². The van der Waals surface area contributed by atoms with Crippen LogP contribution < -0.4 is 0 Å². The Morgan fingerprint density at radius 1 is 1.04 bits per heavy atom. The highest BCUT2D eigenvalue weighted by Gasteiger charge is 2.53. The summed E-state index contributed by atoms with van der Waals surface area (Å²) in [5.41, 5.74) is 2.05. The van der Waals surface area contributed by atoms with E-state index in [1.54, 1.807) is 0 Å². The van der Waals surface area contributed by atoms with Gasteiger partial charge in [-0.3, -0.25) is 0 Å².